The first kappa shape index (κ1) is 31.5. The fourth-order valence-corrected chi connectivity index (χ4v) is 7.29. The highest BCUT2D eigenvalue weighted by molar-refractivity contribution is 7.24. The summed E-state index contributed by atoms with van der Waals surface area (Å²) in [5.41, 5.74) is 1.74. The molecule has 0 fully saturated rings. The average Bonchev–Trinajstić information content (AvgIpc) is 3.51. The average molecular weight is 695 g/mol. The molecule has 2 aliphatic rings. The van der Waals surface area contributed by atoms with Crippen molar-refractivity contribution in [3.05, 3.63) is 146 Å². The van der Waals surface area contributed by atoms with Gasteiger partial charge in [0.2, 0.25) is 0 Å². The van der Waals surface area contributed by atoms with Gasteiger partial charge >= 0.3 is 11.9 Å². The Kier molecular flexibility index (Phi) is 7.20. The van der Waals surface area contributed by atoms with Crippen molar-refractivity contribution in [2.24, 2.45) is 0 Å². The molecule has 0 unspecified atom stereocenters. The summed E-state index contributed by atoms with van der Waals surface area (Å²) in [5.74, 6) is -3.44. The van der Waals surface area contributed by atoms with Crippen LogP contribution in [0.1, 0.15) is 67.7 Å². The molecule has 0 saturated heterocycles. The summed E-state index contributed by atoms with van der Waals surface area (Å²) in [6, 6.07) is 24.2. The Labute approximate surface area is 291 Å². The minimum atomic E-state index is -0.791. The molecule has 0 atom stereocenters. The van der Waals surface area contributed by atoms with Crippen LogP contribution in [0.3, 0.4) is 0 Å². The molecule has 6 aromatic rings. The number of rotatable bonds is 5. The summed E-state index contributed by atoms with van der Waals surface area (Å²) >= 11 is 1.39. The van der Waals surface area contributed by atoms with Gasteiger partial charge in [0.05, 0.1) is 39.1 Å². The standard InChI is InChI=1S/C39H22N2O9S/c1-19-3-11-27-31(15-19)51-32-18-22(6-14-28(32)33(27)42)41-36(45)26-13-5-21(17-30(26)37(41)46)39(48)50-24-9-7-23(8-10-24)49-38(47)20-4-12-25-29(16-20)35(44)40(2)34(25)43/h3-18H,1-2H3. The monoisotopic (exact) mass is 694 g/mol. The number of benzene rings is 5. The van der Waals surface area contributed by atoms with Crippen LogP contribution in [0.2, 0.25) is 0 Å². The quantitative estimate of drug-likeness (QED) is 0.0893. The third kappa shape index (κ3) is 5.16. The zero-order valence-corrected chi connectivity index (χ0v) is 27.5. The SMILES string of the molecule is Cc1ccc2c(=O)c3ccc(N4C(=O)c5ccc(C(=O)Oc6ccc(OC(=O)c7ccc8c(c7)C(=O)N(C)C8=O)cc6)cc5C4=O)cc3sc2c1. The molecule has 0 saturated carbocycles. The van der Waals surface area contributed by atoms with Crippen LogP contribution in [-0.2, 0) is 0 Å². The van der Waals surface area contributed by atoms with Gasteiger partial charge in [0, 0.05) is 27.2 Å². The highest BCUT2D eigenvalue weighted by atomic mass is 32.1. The second-order valence-electron chi connectivity index (χ2n) is 12.0. The largest absolute Gasteiger partial charge is 0.423 e. The molecule has 0 aliphatic carbocycles. The predicted octanol–water partition coefficient (Wildman–Crippen LogP) is 6.19. The van der Waals surface area contributed by atoms with Crippen LogP contribution in [0, 0.1) is 6.92 Å². The van der Waals surface area contributed by atoms with E-state index in [4.69, 9.17) is 9.47 Å². The smallest absolute Gasteiger partial charge is 0.343 e. The number of anilines is 1. The molecular weight excluding hydrogens is 673 g/mol. The third-order valence-electron chi connectivity index (χ3n) is 8.76. The minimum absolute atomic E-state index is 0.0288. The molecule has 0 N–H and O–H groups in total. The Morgan fingerprint density at radius 2 is 1.04 bits per heavy atom. The molecule has 11 nitrogen and oxygen atoms in total. The van der Waals surface area contributed by atoms with Crippen LogP contribution >= 0.6 is 11.3 Å². The van der Waals surface area contributed by atoms with Gasteiger partial charge in [-0.1, -0.05) is 6.07 Å². The zero-order valence-electron chi connectivity index (χ0n) is 26.7. The van der Waals surface area contributed by atoms with Gasteiger partial charge in [-0.05, 0) is 103 Å². The highest BCUT2D eigenvalue weighted by Crippen LogP contribution is 2.34. The first-order valence-corrected chi connectivity index (χ1v) is 16.3. The maximum Gasteiger partial charge on any atom is 0.343 e. The number of hydrogen-bond donors (Lipinski definition) is 0. The number of ether oxygens (including phenoxy) is 2. The lowest BCUT2D eigenvalue weighted by molar-refractivity contribution is 0.0688. The topological polar surface area (TPSA) is 144 Å². The summed E-state index contributed by atoms with van der Waals surface area (Å²) in [6.07, 6.45) is 0. The van der Waals surface area contributed by atoms with E-state index in [9.17, 15) is 33.6 Å². The number of nitrogens with zero attached hydrogens (tertiary/aromatic N) is 2. The molecule has 0 bridgehead atoms. The molecule has 0 spiro atoms. The summed E-state index contributed by atoms with van der Waals surface area (Å²) in [6.45, 7) is 1.93. The fourth-order valence-electron chi connectivity index (χ4n) is 6.09. The molecule has 8 rings (SSSR count). The predicted molar refractivity (Wildman–Crippen MR) is 187 cm³/mol. The Morgan fingerprint density at radius 1 is 0.549 bits per heavy atom. The number of carbonyl (C=O) groups is 6. The van der Waals surface area contributed by atoms with E-state index >= 15 is 0 Å². The Hall–Kier alpha value is -6.79. The van der Waals surface area contributed by atoms with Gasteiger partial charge < -0.3 is 9.47 Å². The summed E-state index contributed by atoms with van der Waals surface area (Å²) in [5, 5.41) is 1.08. The maximum atomic E-state index is 13.5. The Balaban J connectivity index is 0.972. The van der Waals surface area contributed by atoms with Gasteiger partial charge in [-0.15, -0.1) is 11.3 Å². The van der Waals surface area contributed by atoms with E-state index in [2.05, 4.69) is 0 Å². The molecule has 4 amide bonds. The summed E-state index contributed by atoms with van der Waals surface area (Å²) in [7, 11) is 1.36. The minimum Gasteiger partial charge on any atom is -0.423 e. The van der Waals surface area contributed by atoms with E-state index in [1.54, 1.807) is 24.3 Å². The van der Waals surface area contributed by atoms with Gasteiger partial charge in [-0.25, -0.2) is 14.5 Å². The molecule has 2 aliphatic heterocycles. The van der Waals surface area contributed by atoms with Gasteiger partial charge in [0.25, 0.3) is 23.6 Å². The van der Waals surface area contributed by atoms with E-state index in [1.165, 1.54) is 79.0 Å². The number of amides is 4. The van der Waals surface area contributed by atoms with E-state index in [-0.39, 0.29) is 50.3 Å². The van der Waals surface area contributed by atoms with Crippen LogP contribution in [0.15, 0.2) is 102 Å². The number of esters is 2. The molecule has 3 heterocycles. The maximum absolute atomic E-state index is 13.5. The van der Waals surface area contributed by atoms with Crippen molar-refractivity contribution in [1.82, 2.24) is 4.90 Å². The summed E-state index contributed by atoms with van der Waals surface area (Å²) < 4.78 is 12.3. The van der Waals surface area contributed by atoms with Crippen molar-refractivity contribution in [3.63, 3.8) is 0 Å². The van der Waals surface area contributed by atoms with Crippen LogP contribution in [0.25, 0.3) is 20.2 Å². The highest BCUT2D eigenvalue weighted by Gasteiger charge is 2.38. The Morgan fingerprint density at radius 3 is 1.65 bits per heavy atom. The van der Waals surface area contributed by atoms with Crippen molar-refractivity contribution in [2.45, 2.75) is 6.92 Å². The van der Waals surface area contributed by atoms with Crippen molar-refractivity contribution >= 4 is 72.8 Å². The number of aryl methyl sites for hydroxylation is 1. The van der Waals surface area contributed by atoms with Gasteiger partial charge in [-0.2, -0.15) is 0 Å². The van der Waals surface area contributed by atoms with E-state index in [0.29, 0.717) is 21.2 Å². The second kappa shape index (κ2) is 11.7. The second-order valence-corrected chi connectivity index (χ2v) is 13.1. The number of imide groups is 2. The third-order valence-corrected chi connectivity index (χ3v) is 9.88. The molecule has 12 heteroatoms. The van der Waals surface area contributed by atoms with Crippen LogP contribution in [0.5, 0.6) is 11.5 Å². The fraction of sp³-hybridized carbons (Fsp3) is 0.0513. The van der Waals surface area contributed by atoms with Gasteiger partial charge in [-0.3, -0.25) is 28.9 Å². The number of fused-ring (bicyclic) bond motifs is 4. The molecule has 51 heavy (non-hydrogen) atoms. The van der Waals surface area contributed by atoms with Gasteiger partial charge in [0.1, 0.15) is 11.5 Å². The van der Waals surface area contributed by atoms with E-state index in [1.807, 2.05) is 19.1 Å². The normalized spacial score (nSPS) is 13.6. The van der Waals surface area contributed by atoms with E-state index < -0.39 is 35.6 Å². The van der Waals surface area contributed by atoms with Crippen molar-refractivity contribution in [2.75, 3.05) is 11.9 Å². The van der Waals surface area contributed by atoms with Crippen molar-refractivity contribution < 1.29 is 38.2 Å². The zero-order chi connectivity index (χ0) is 35.7. The molecule has 0 radical (unpaired) electrons. The molecule has 248 valence electrons. The number of hydrogen-bond acceptors (Lipinski definition) is 10. The molecular formula is C39H22N2O9S. The van der Waals surface area contributed by atoms with E-state index in [0.717, 1.165) is 20.1 Å². The van der Waals surface area contributed by atoms with Gasteiger partial charge in [0.15, 0.2) is 5.43 Å². The first-order valence-electron chi connectivity index (χ1n) is 15.5. The summed E-state index contributed by atoms with van der Waals surface area (Å²) in [4.78, 5) is 92.3. The van der Waals surface area contributed by atoms with Crippen molar-refractivity contribution in [1.29, 1.82) is 0 Å². The molecule has 1 aromatic heterocycles. The lowest BCUT2D eigenvalue weighted by Crippen LogP contribution is -2.29. The van der Waals surface area contributed by atoms with Crippen LogP contribution in [-0.4, -0.2) is 47.5 Å². The van der Waals surface area contributed by atoms with Crippen LogP contribution < -0.4 is 19.8 Å². The number of carbonyl (C=O) groups excluding carboxylic acids is 6. The lowest BCUT2D eigenvalue weighted by atomic mass is 10.1. The lowest BCUT2D eigenvalue weighted by Gasteiger charge is -2.14. The Bertz CT molecular complexity index is 2660. The first-order chi connectivity index (χ1) is 24.5. The van der Waals surface area contributed by atoms with Crippen LogP contribution in [0.4, 0.5) is 5.69 Å². The molecule has 5 aromatic carbocycles. The van der Waals surface area contributed by atoms with Crippen molar-refractivity contribution in [3.8, 4) is 11.5 Å².